The summed E-state index contributed by atoms with van der Waals surface area (Å²) in [5, 5.41) is 18.4. The van der Waals surface area contributed by atoms with Crippen LogP contribution in [0.5, 0.6) is 11.5 Å². The number of carbonyl (C=O) groups is 2. The van der Waals surface area contributed by atoms with Crippen molar-refractivity contribution in [1.29, 1.82) is 0 Å². The smallest absolute Gasteiger partial charge is 0.356 e. The number of carbonyl (C=O) groups excluding carboxylic acids is 2. The fourth-order valence-corrected chi connectivity index (χ4v) is 4.60. The summed E-state index contributed by atoms with van der Waals surface area (Å²) in [6.07, 6.45) is 0. The minimum atomic E-state index is -1.48. The van der Waals surface area contributed by atoms with Crippen LogP contribution in [0.4, 0.5) is 0 Å². The van der Waals surface area contributed by atoms with E-state index in [0.717, 1.165) is 11.3 Å². The second-order valence-corrected chi connectivity index (χ2v) is 17.6. The number of benzene rings is 2. The van der Waals surface area contributed by atoms with E-state index >= 15 is 0 Å². The number of ether oxygens (including phenoxy) is 6. The van der Waals surface area contributed by atoms with Crippen LogP contribution in [-0.2, 0) is 32.2 Å². The van der Waals surface area contributed by atoms with Gasteiger partial charge in [-0.2, -0.15) is 0 Å². The number of methoxy groups -OCH3 is 4. The van der Waals surface area contributed by atoms with Crippen molar-refractivity contribution in [2.45, 2.75) is 32.9 Å². The molecule has 2 N–H and O–H groups in total. The van der Waals surface area contributed by atoms with E-state index in [0.29, 0.717) is 35.1 Å². The molecular formula is C39H43IN2O10Si. The first kappa shape index (κ1) is 44.3. The van der Waals surface area contributed by atoms with Gasteiger partial charge in [0.1, 0.15) is 31.0 Å². The van der Waals surface area contributed by atoms with Crippen LogP contribution in [0, 0.1) is 26.9 Å². The molecule has 2 aromatic carbocycles. The average molecular weight is 855 g/mol. The molecule has 0 fully saturated rings. The lowest BCUT2D eigenvalue weighted by molar-refractivity contribution is 0.0509. The Kier molecular flexibility index (Phi) is 19.8. The van der Waals surface area contributed by atoms with Gasteiger partial charge < -0.3 is 38.6 Å². The van der Waals surface area contributed by atoms with Crippen molar-refractivity contribution in [2.24, 2.45) is 0 Å². The molecule has 2 aromatic heterocycles. The summed E-state index contributed by atoms with van der Waals surface area (Å²) < 4.78 is 30.5. The van der Waals surface area contributed by atoms with Crippen LogP contribution in [0.1, 0.15) is 49.1 Å². The predicted octanol–water partition coefficient (Wildman–Crippen LogP) is 5.61. The largest absolute Gasteiger partial charge is 0.468 e. The Bertz CT molecular complexity index is 1890. The first-order chi connectivity index (χ1) is 25.3. The van der Waals surface area contributed by atoms with E-state index in [1.807, 2.05) is 36.4 Å². The maximum atomic E-state index is 11.6. The number of nitrogens with zero attached hydrogens (tertiary/aromatic N) is 2. The monoisotopic (exact) mass is 854 g/mol. The molecule has 12 nitrogen and oxygen atoms in total. The second-order valence-electron chi connectivity index (χ2n) is 11.6. The van der Waals surface area contributed by atoms with Crippen LogP contribution in [0.3, 0.4) is 0 Å². The number of hydrogen-bond donors (Lipinski definition) is 2. The van der Waals surface area contributed by atoms with Gasteiger partial charge in [-0.25, -0.2) is 19.6 Å². The van der Waals surface area contributed by atoms with Crippen LogP contribution in [0.15, 0.2) is 72.8 Å². The highest BCUT2D eigenvalue weighted by atomic mass is 127. The molecule has 53 heavy (non-hydrogen) atoms. The Morgan fingerprint density at radius 1 is 0.642 bits per heavy atom. The third kappa shape index (κ3) is 17.5. The van der Waals surface area contributed by atoms with E-state index in [1.165, 1.54) is 23.9 Å². The van der Waals surface area contributed by atoms with Crippen molar-refractivity contribution in [1.82, 2.24) is 9.97 Å². The highest BCUT2D eigenvalue weighted by molar-refractivity contribution is 14.1. The van der Waals surface area contributed by atoms with Gasteiger partial charge in [-0.3, -0.25) is 0 Å². The summed E-state index contributed by atoms with van der Waals surface area (Å²) in [7, 11) is 4.24. The first-order valence-electron chi connectivity index (χ1n) is 15.9. The molecular weight excluding hydrogens is 811 g/mol. The van der Waals surface area contributed by atoms with Gasteiger partial charge in [0.25, 0.3) is 0 Å². The zero-order chi connectivity index (χ0) is 39.2. The predicted molar refractivity (Wildman–Crippen MR) is 210 cm³/mol. The number of hydrogen-bond acceptors (Lipinski definition) is 12. The fourth-order valence-electron chi connectivity index (χ4n) is 3.72. The van der Waals surface area contributed by atoms with Crippen molar-refractivity contribution in [3.63, 3.8) is 0 Å². The Labute approximate surface area is 324 Å². The van der Waals surface area contributed by atoms with Crippen molar-refractivity contribution in [3.05, 3.63) is 116 Å². The molecule has 0 saturated carbocycles. The van der Waals surface area contributed by atoms with E-state index in [2.05, 4.69) is 85.0 Å². The minimum absolute atomic E-state index is 0.108. The molecule has 0 saturated heterocycles. The molecule has 0 spiro atoms. The number of aliphatic hydroxyl groups is 2. The van der Waals surface area contributed by atoms with Gasteiger partial charge in [0, 0.05) is 34.5 Å². The summed E-state index contributed by atoms with van der Waals surface area (Å²) >= 11 is 2.25. The number of aromatic nitrogens is 2. The van der Waals surface area contributed by atoms with Crippen molar-refractivity contribution in [2.75, 3.05) is 42.0 Å². The molecule has 0 bridgehead atoms. The first-order valence-corrected chi connectivity index (χ1v) is 20.5. The molecule has 0 amide bonds. The lowest BCUT2D eigenvalue weighted by Crippen LogP contribution is -2.16. The van der Waals surface area contributed by atoms with Crippen LogP contribution in [0.2, 0.25) is 19.6 Å². The number of halogens is 1. The molecule has 0 unspecified atom stereocenters. The molecule has 0 aliphatic heterocycles. The molecule has 2 heterocycles. The average Bonchev–Trinajstić information content (AvgIpc) is 3.17. The third-order valence-corrected chi connectivity index (χ3v) is 7.75. The number of aliphatic hydroxyl groups excluding tert-OH is 2. The molecule has 280 valence electrons. The van der Waals surface area contributed by atoms with Gasteiger partial charge in [-0.05, 0) is 95.4 Å². The summed E-state index contributed by atoms with van der Waals surface area (Å²) in [5.74, 6) is 9.38. The van der Waals surface area contributed by atoms with Crippen LogP contribution in [-0.4, -0.2) is 82.2 Å². The zero-order valence-corrected chi connectivity index (χ0v) is 33.8. The maximum Gasteiger partial charge on any atom is 0.356 e. The van der Waals surface area contributed by atoms with Crippen LogP contribution >= 0.6 is 22.6 Å². The van der Waals surface area contributed by atoms with E-state index in [1.54, 1.807) is 44.6 Å². The van der Waals surface area contributed by atoms with Gasteiger partial charge in [-0.1, -0.05) is 37.4 Å². The summed E-state index contributed by atoms with van der Waals surface area (Å²) in [4.78, 5) is 31.0. The number of rotatable bonds is 10. The Morgan fingerprint density at radius 2 is 1.06 bits per heavy atom. The topological polar surface area (TPSA) is 156 Å². The molecule has 4 rings (SSSR count). The highest BCUT2D eigenvalue weighted by Gasteiger charge is 2.12. The molecule has 4 aromatic rings. The van der Waals surface area contributed by atoms with E-state index in [4.69, 9.17) is 24.1 Å². The van der Waals surface area contributed by atoms with Gasteiger partial charge in [0.15, 0.2) is 13.6 Å². The molecule has 14 heteroatoms. The highest BCUT2D eigenvalue weighted by Crippen LogP contribution is 2.14. The molecule has 0 aliphatic carbocycles. The lowest BCUT2D eigenvalue weighted by atomic mass is 10.1. The zero-order valence-electron chi connectivity index (χ0n) is 30.7. The minimum Gasteiger partial charge on any atom is -0.468 e. The number of pyridine rings is 2. The normalized spacial score (nSPS) is 10.0. The van der Waals surface area contributed by atoms with E-state index in [9.17, 15) is 14.7 Å². The molecule has 0 atom stereocenters. The number of esters is 2. The van der Waals surface area contributed by atoms with E-state index in [-0.39, 0.29) is 31.4 Å². The lowest BCUT2D eigenvalue weighted by Gasteiger charge is -2.05. The maximum absolute atomic E-state index is 11.6. The van der Waals surface area contributed by atoms with Gasteiger partial charge in [-0.15, -0.1) is 5.54 Å². The second kappa shape index (κ2) is 23.7. The molecule has 0 radical (unpaired) electrons. The summed E-state index contributed by atoms with van der Waals surface area (Å²) in [6, 6.07) is 21.4. The Hall–Kier alpha value is -4.81. The Morgan fingerprint density at radius 3 is 1.45 bits per heavy atom. The fraction of sp³-hybridized carbons (Fsp3) is 0.282. The van der Waals surface area contributed by atoms with Crippen molar-refractivity contribution < 1.29 is 48.2 Å². The van der Waals surface area contributed by atoms with Crippen molar-refractivity contribution in [3.8, 4) is 34.8 Å². The van der Waals surface area contributed by atoms with Crippen LogP contribution in [0.25, 0.3) is 0 Å². The van der Waals surface area contributed by atoms with Crippen LogP contribution < -0.4 is 9.47 Å². The third-order valence-electron chi connectivity index (χ3n) is 6.16. The van der Waals surface area contributed by atoms with Gasteiger partial charge in [0.2, 0.25) is 0 Å². The summed E-state index contributed by atoms with van der Waals surface area (Å²) in [5.41, 5.74) is 6.27. The summed E-state index contributed by atoms with van der Waals surface area (Å²) in [6.45, 7) is 6.38. The SMILES string of the molecule is COC(=O)c1cc(C#C[Si](C)(C)C)cc(CO)n1.COCOc1ccc(C#Cc2cc(CO)nc(C(=O)OC)c2)cc1.COCOc1ccc(I)cc1. The van der Waals surface area contributed by atoms with E-state index < -0.39 is 20.0 Å². The van der Waals surface area contributed by atoms with Gasteiger partial charge >= 0.3 is 11.9 Å². The standard InChI is InChI=1S/C18H17NO5.C13H17NO3Si.C8H9IO2/c1-22-12-24-16-7-5-13(6-8-16)3-4-14-9-15(11-20)19-17(10-14)18(21)23-2;1-17-13(16)12-8-10(5-6-18(2,3)4)7-11(9-15)14-12;1-10-6-11-8-4-2-7(9)3-5-8/h5-10,20H,11-12H2,1-2H3;7-8,15H,9H2,1-4H3;2-5H,6H2,1H3. The van der Waals surface area contributed by atoms with Crippen molar-refractivity contribution >= 4 is 42.6 Å². The Balaban J connectivity index is 0.000000295. The molecule has 0 aliphatic rings. The van der Waals surface area contributed by atoms with Gasteiger partial charge in [0.05, 0.1) is 38.8 Å². The quantitative estimate of drug-likeness (QED) is 0.0671.